The van der Waals surface area contributed by atoms with E-state index in [0.29, 0.717) is 24.5 Å². The molecular formula is C42H54N3O4PS. The Morgan fingerprint density at radius 2 is 1.10 bits per heavy atom. The molecule has 9 heteroatoms. The zero-order valence-corrected chi connectivity index (χ0v) is 33.2. The lowest BCUT2D eigenvalue weighted by Gasteiger charge is -2.36. The zero-order chi connectivity index (χ0) is 37.2. The van der Waals surface area contributed by atoms with Gasteiger partial charge in [-0.3, -0.25) is 9.54 Å². The van der Waals surface area contributed by atoms with Gasteiger partial charge in [0.2, 0.25) is 0 Å². The van der Waals surface area contributed by atoms with Gasteiger partial charge in [-0.2, -0.15) is 0 Å². The first kappa shape index (κ1) is 39.7. The number of benzene rings is 4. The summed E-state index contributed by atoms with van der Waals surface area (Å²) in [5.74, 6) is 2.46. The van der Waals surface area contributed by atoms with Crippen molar-refractivity contribution in [2.75, 3.05) is 27.9 Å². The molecule has 0 aliphatic rings. The monoisotopic (exact) mass is 727 g/mol. The molecule has 4 aromatic rings. The largest absolute Gasteiger partial charge is 0.497 e. The number of hydrogen-bond acceptors (Lipinski definition) is 6. The zero-order valence-electron chi connectivity index (χ0n) is 31.5. The summed E-state index contributed by atoms with van der Waals surface area (Å²) >= 11 is 5.96. The predicted octanol–water partition coefficient (Wildman–Crippen LogP) is 7.69. The number of hydrogen-bond donors (Lipinski definition) is 2. The van der Waals surface area contributed by atoms with Crippen molar-refractivity contribution in [2.24, 2.45) is 15.6 Å². The van der Waals surface area contributed by atoms with Gasteiger partial charge in [-0.1, -0.05) is 71.9 Å². The average molecular weight is 728 g/mol. The number of ether oxygens (including phenoxy) is 3. The van der Waals surface area contributed by atoms with Crippen LogP contribution in [-0.2, 0) is 11.2 Å². The molecule has 0 radical (unpaired) electrons. The van der Waals surface area contributed by atoms with E-state index in [0.717, 1.165) is 38.7 Å². The molecule has 0 amide bonds. The van der Waals surface area contributed by atoms with E-state index in [9.17, 15) is 4.79 Å². The van der Waals surface area contributed by atoms with Crippen molar-refractivity contribution in [3.05, 3.63) is 109 Å². The Hall–Kier alpha value is -4.13. The Balaban J connectivity index is 1.75. The maximum absolute atomic E-state index is 13.7. The second-order valence-electron chi connectivity index (χ2n) is 14.8. The molecule has 51 heavy (non-hydrogen) atoms. The van der Waals surface area contributed by atoms with Crippen molar-refractivity contribution >= 4 is 46.1 Å². The maximum Gasteiger partial charge on any atom is 0.167 e. The number of rotatable bonds is 14. The van der Waals surface area contributed by atoms with Crippen LogP contribution in [0.15, 0.2) is 108 Å². The fourth-order valence-corrected chi connectivity index (χ4v) is 9.79. The van der Waals surface area contributed by atoms with E-state index in [4.69, 9.17) is 31.2 Å². The topological polar surface area (TPSA) is 81.2 Å². The first-order valence-corrected chi connectivity index (χ1v) is 19.5. The summed E-state index contributed by atoms with van der Waals surface area (Å²) in [6.45, 7) is 13.2. The van der Waals surface area contributed by atoms with E-state index in [-0.39, 0.29) is 22.7 Å². The molecule has 4 rings (SSSR count). The van der Waals surface area contributed by atoms with E-state index in [1.165, 1.54) is 0 Å². The smallest absolute Gasteiger partial charge is 0.167 e. The Morgan fingerprint density at radius 3 is 1.47 bits per heavy atom. The van der Waals surface area contributed by atoms with Crippen molar-refractivity contribution in [3.63, 3.8) is 0 Å². The van der Waals surface area contributed by atoms with Crippen LogP contribution in [0.2, 0.25) is 0 Å². The van der Waals surface area contributed by atoms with Gasteiger partial charge in [0.1, 0.15) is 17.2 Å². The van der Waals surface area contributed by atoms with Crippen LogP contribution in [-0.4, -0.2) is 50.9 Å². The van der Waals surface area contributed by atoms with Gasteiger partial charge in [-0.05, 0) is 108 Å². The second-order valence-corrected chi connectivity index (χ2v) is 18.4. The number of ketones is 1. The minimum atomic E-state index is -2.62. The third-order valence-corrected chi connectivity index (χ3v) is 13.1. The lowest BCUT2D eigenvalue weighted by molar-refractivity contribution is -0.123. The fourth-order valence-electron chi connectivity index (χ4n) is 5.99. The van der Waals surface area contributed by atoms with Gasteiger partial charge in [-0.25, -0.2) is 0 Å². The summed E-state index contributed by atoms with van der Waals surface area (Å²) in [6, 6.07) is 34.2. The SMILES string of the molecule is COc1ccc(P(=NC[C@@H](NC(=S)N[C@H](C(=O)CCc2ccccc2)C(C)(C)C)C(C)(C)C)(c2ccc(OC)cc2)c2ccc(OC)cc2)cc1. The van der Waals surface area contributed by atoms with Crippen LogP contribution in [0.5, 0.6) is 17.2 Å². The molecule has 0 saturated carbocycles. The molecule has 0 unspecified atom stereocenters. The lowest BCUT2D eigenvalue weighted by Crippen LogP contribution is -2.56. The molecule has 7 nitrogen and oxygen atoms in total. The van der Waals surface area contributed by atoms with Crippen LogP contribution in [0.3, 0.4) is 0 Å². The normalized spacial score (nSPS) is 13.0. The van der Waals surface area contributed by atoms with Gasteiger partial charge in [0, 0.05) is 22.3 Å². The van der Waals surface area contributed by atoms with Crippen molar-refractivity contribution in [1.82, 2.24) is 10.6 Å². The Bertz CT molecular complexity index is 1660. The molecule has 4 aromatic carbocycles. The number of carbonyl (C=O) groups excluding carboxylic acids is 1. The van der Waals surface area contributed by atoms with E-state index >= 15 is 0 Å². The molecule has 0 bridgehead atoms. The quantitative estimate of drug-likeness (QED) is 0.102. The van der Waals surface area contributed by atoms with Crippen molar-refractivity contribution in [2.45, 2.75) is 66.5 Å². The van der Waals surface area contributed by atoms with Gasteiger partial charge < -0.3 is 24.8 Å². The van der Waals surface area contributed by atoms with Crippen LogP contribution in [0.4, 0.5) is 0 Å². The van der Waals surface area contributed by atoms with Crippen LogP contribution in [0, 0.1) is 10.8 Å². The molecule has 0 saturated heterocycles. The molecule has 0 heterocycles. The van der Waals surface area contributed by atoms with Crippen molar-refractivity contribution < 1.29 is 19.0 Å². The molecule has 2 atom stereocenters. The van der Waals surface area contributed by atoms with Gasteiger partial charge in [0.15, 0.2) is 10.9 Å². The third-order valence-electron chi connectivity index (χ3n) is 9.13. The summed E-state index contributed by atoms with van der Waals surface area (Å²) in [7, 11) is 2.40. The molecule has 0 aliphatic heterocycles. The number of thiocarbonyl (C=S) groups is 1. The average Bonchev–Trinajstić information content (AvgIpc) is 3.12. The van der Waals surface area contributed by atoms with Crippen molar-refractivity contribution in [3.8, 4) is 17.2 Å². The number of nitrogens with zero attached hydrogens (tertiary/aromatic N) is 1. The minimum absolute atomic E-state index is 0.135. The maximum atomic E-state index is 13.7. The van der Waals surface area contributed by atoms with Gasteiger partial charge in [0.25, 0.3) is 0 Å². The molecule has 2 N–H and O–H groups in total. The van der Waals surface area contributed by atoms with E-state index in [1.807, 2.05) is 54.6 Å². The third kappa shape index (κ3) is 10.2. The number of methoxy groups -OCH3 is 3. The molecule has 0 aliphatic carbocycles. The lowest BCUT2D eigenvalue weighted by atomic mass is 9.82. The highest BCUT2D eigenvalue weighted by Gasteiger charge is 2.34. The number of carbonyl (C=O) groups is 1. The van der Waals surface area contributed by atoms with Gasteiger partial charge in [-0.15, -0.1) is 0 Å². The van der Waals surface area contributed by atoms with E-state index in [1.54, 1.807) is 21.3 Å². The number of Topliss-reactive ketones (excluding diaryl/α,β-unsaturated/α-hetero) is 1. The Kier molecular flexibility index (Phi) is 13.5. The summed E-state index contributed by atoms with van der Waals surface area (Å²) < 4.78 is 22.4. The predicted molar refractivity (Wildman–Crippen MR) is 217 cm³/mol. The first-order valence-electron chi connectivity index (χ1n) is 17.4. The van der Waals surface area contributed by atoms with Crippen LogP contribution >= 0.6 is 19.3 Å². The number of nitrogens with one attached hydrogen (secondary N) is 2. The van der Waals surface area contributed by atoms with E-state index < -0.39 is 13.1 Å². The van der Waals surface area contributed by atoms with Gasteiger partial charge in [0.05, 0.1) is 47.0 Å². The van der Waals surface area contributed by atoms with Crippen LogP contribution < -0.4 is 40.8 Å². The molecule has 272 valence electrons. The van der Waals surface area contributed by atoms with Gasteiger partial charge >= 0.3 is 0 Å². The Morgan fingerprint density at radius 1 is 0.667 bits per heavy atom. The standard InChI is InChI=1S/C42H54N3O4PS/c1-41(2,3)38(44-40(51)45-39(42(4,5)6)37(46)28-15-30-13-11-10-12-14-30)29-43-50(34-22-16-31(47-7)17-23-34,35-24-18-32(48-8)19-25-35)36-26-20-33(49-9)21-27-36/h10-14,16-27,38-39H,15,28-29H2,1-9H3,(H2,44,45,51)/t38-,39-/m1/s1. The van der Waals surface area contributed by atoms with Crippen molar-refractivity contribution in [1.29, 1.82) is 0 Å². The minimum Gasteiger partial charge on any atom is -0.497 e. The van der Waals surface area contributed by atoms with Crippen LogP contribution in [0.1, 0.15) is 53.5 Å². The highest BCUT2D eigenvalue weighted by atomic mass is 32.1. The molecule has 0 fully saturated rings. The number of aryl methyl sites for hydroxylation is 1. The first-order chi connectivity index (χ1) is 24.2. The summed E-state index contributed by atoms with van der Waals surface area (Å²) in [6.07, 6.45) is 1.11. The molecular weight excluding hydrogens is 674 g/mol. The highest BCUT2D eigenvalue weighted by Crippen LogP contribution is 2.47. The molecule has 0 aromatic heterocycles. The second kappa shape index (κ2) is 17.4. The summed E-state index contributed by atoms with van der Waals surface area (Å²) in [4.78, 5) is 13.7. The Labute approximate surface area is 310 Å². The highest BCUT2D eigenvalue weighted by molar-refractivity contribution is 7.87. The fraction of sp³-hybridized carbons (Fsp3) is 0.381. The summed E-state index contributed by atoms with van der Waals surface area (Å²) in [5.41, 5.74) is 0.559. The van der Waals surface area contributed by atoms with Crippen LogP contribution in [0.25, 0.3) is 0 Å². The van der Waals surface area contributed by atoms with E-state index in [2.05, 4.69) is 101 Å². The molecule has 0 spiro atoms. The summed E-state index contributed by atoms with van der Waals surface area (Å²) in [5, 5.41) is 10.7.